The summed E-state index contributed by atoms with van der Waals surface area (Å²) in [6, 6.07) is 19.3. The highest BCUT2D eigenvalue weighted by Crippen LogP contribution is 2.25. The summed E-state index contributed by atoms with van der Waals surface area (Å²) in [6.07, 6.45) is 0. The average Bonchev–Trinajstić information content (AvgIpc) is 3.25. The molecule has 4 aromatic rings. The van der Waals surface area contributed by atoms with E-state index in [2.05, 4.69) is 10.1 Å². The third kappa shape index (κ3) is 5.13. The van der Waals surface area contributed by atoms with Crippen LogP contribution in [0.15, 0.2) is 66.7 Å². The lowest BCUT2D eigenvalue weighted by Gasteiger charge is -2.08. The number of halogens is 2. The van der Waals surface area contributed by atoms with E-state index in [1.807, 2.05) is 38.1 Å². The highest BCUT2D eigenvalue weighted by molar-refractivity contribution is 6.31. The Morgan fingerprint density at radius 3 is 2.36 bits per heavy atom. The van der Waals surface area contributed by atoms with E-state index in [1.54, 1.807) is 47.1 Å². The molecule has 1 aromatic heterocycles. The molecule has 8 heteroatoms. The van der Waals surface area contributed by atoms with Gasteiger partial charge in [0.05, 0.1) is 5.69 Å². The minimum Gasteiger partial charge on any atom is -0.451 e. The first-order valence-electron chi connectivity index (χ1n) is 10.1. The molecule has 0 aliphatic carbocycles. The predicted molar refractivity (Wildman–Crippen MR) is 127 cm³/mol. The molecule has 33 heavy (non-hydrogen) atoms. The highest BCUT2D eigenvalue weighted by atomic mass is 35.5. The molecule has 0 saturated heterocycles. The van der Waals surface area contributed by atoms with Gasteiger partial charge in [-0.25, -0.2) is 14.5 Å². The van der Waals surface area contributed by atoms with Crippen LogP contribution >= 0.6 is 23.2 Å². The summed E-state index contributed by atoms with van der Waals surface area (Å²) in [7, 11) is 0. The van der Waals surface area contributed by atoms with Gasteiger partial charge < -0.3 is 4.74 Å². The standard InChI is InChI=1S/C25H19Cl2N3O3/c1-15-6-11-21(12-16(15)2)30-24(18-4-3-5-20(27)13-18)28-23(29-30)25(32)33-14-22(31)17-7-9-19(26)10-8-17/h3-13H,14H2,1-2H3. The van der Waals surface area contributed by atoms with Gasteiger partial charge in [0.25, 0.3) is 5.82 Å². The maximum absolute atomic E-state index is 12.7. The Bertz CT molecular complexity index is 1350. The number of esters is 1. The van der Waals surface area contributed by atoms with E-state index in [0.29, 0.717) is 27.0 Å². The quantitative estimate of drug-likeness (QED) is 0.254. The highest BCUT2D eigenvalue weighted by Gasteiger charge is 2.21. The van der Waals surface area contributed by atoms with Gasteiger partial charge >= 0.3 is 5.97 Å². The van der Waals surface area contributed by atoms with Gasteiger partial charge in [0.2, 0.25) is 0 Å². The molecular weight excluding hydrogens is 461 g/mol. The van der Waals surface area contributed by atoms with E-state index in [0.717, 1.165) is 16.8 Å². The molecule has 166 valence electrons. The van der Waals surface area contributed by atoms with Crippen molar-refractivity contribution in [1.29, 1.82) is 0 Å². The van der Waals surface area contributed by atoms with E-state index in [1.165, 1.54) is 0 Å². The van der Waals surface area contributed by atoms with Crippen LogP contribution in [0.2, 0.25) is 10.0 Å². The molecule has 0 radical (unpaired) electrons. The van der Waals surface area contributed by atoms with Crippen molar-refractivity contribution in [2.24, 2.45) is 0 Å². The van der Waals surface area contributed by atoms with Crippen molar-refractivity contribution in [2.45, 2.75) is 13.8 Å². The van der Waals surface area contributed by atoms with Crippen LogP contribution in [-0.2, 0) is 4.74 Å². The number of aromatic nitrogens is 3. The Hall–Kier alpha value is -3.48. The molecule has 0 unspecified atom stereocenters. The zero-order valence-electron chi connectivity index (χ0n) is 17.9. The number of hydrogen-bond acceptors (Lipinski definition) is 5. The molecule has 0 aliphatic heterocycles. The SMILES string of the molecule is Cc1ccc(-n2nc(C(=O)OCC(=O)c3ccc(Cl)cc3)nc2-c2cccc(Cl)c2)cc1C. The minimum atomic E-state index is -0.803. The number of carbonyl (C=O) groups excluding carboxylic acids is 2. The van der Waals surface area contributed by atoms with Crippen LogP contribution in [0, 0.1) is 13.8 Å². The van der Waals surface area contributed by atoms with E-state index in [-0.39, 0.29) is 11.6 Å². The Labute approximate surface area is 200 Å². The molecule has 0 N–H and O–H groups in total. The second-order valence-corrected chi connectivity index (χ2v) is 8.33. The molecule has 4 rings (SSSR count). The number of Topliss-reactive ketones (excluding diaryl/α,β-unsaturated/α-hetero) is 1. The van der Waals surface area contributed by atoms with Gasteiger partial charge in [-0.1, -0.05) is 41.4 Å². The van der Waals surface area contributed by atoms with Gasteiger partial charge in [-0.15, -0.1) is 5.10 Å². The molecule has 0 saturated carbocycles. The molecule has 1 heterocycles. The summed E-state index contributed by atoms with van der Waals surface area (Å²) in [5.41, 5.74) is 4.00. The van der Waals surface area contributed by atoms with Crippen molar-refractivity contribution in [3.63, 3.8) is 0 Å². The van der Waals surface area contributed by atoms with Crippen LogP contribution in [0.5, 0.6) is 0 Å². The van der Waals surface area contributed by atoms with Crippen molar-refractivity contribution in [2.75, 3.05) is 6.61 Å². The summed E-state index contributed by atoms with van der Waals surface area (Å²) < 4.78 is 6.76. The summed E-state index contributed by atoms with van der Waals surface area (Å²) >= 11 is 12.0. The molecule has 0 spiro atoms. The smallest absolute Gasteiger partial charge is 0.378 e. The van der Waals surface area contributed by atoms with Crippen molar-refractivity contribution in [3.05, 3.63) is 99.3 Å². The Kier molecular flexibility index (Phi) is 6.58. The number of benzene rings is 3. The number of nitrogens with zero attached hydrogens (tertiary/aromatic N) is 3. The fourth-order valence-electron chi connectivity index (χ4n) is 3.17. The summed E-state index contributed by atoms with van der Waals surface area (Å²) in [5.74, 6) is -0.893. The minimum absolute atomic E-state index is 0.160. The lowest BCUT2D eigenvalue weighted by Crippen LogP contribution is -2.15. The van der Waals surface area contributed by atoms with E-state index < -0.39 is 12.6 Å². The van der Waals surface area contributed by atoms with Gasteiger partial charge in [-0.2, -0.15) is 0 Å². The number of hydrogen-bond donors (Lipinski definition) is 0. The van der Waals surface area contributed by atoms with Gasteiger partial charge in [0.1, 0.15) is 0 Å². The second-order valence-electron chi connectivity index (χ2n) is 7.46. The van der Waals surface area contributed by atoms with Crippen molar-refractivity contribution in [3.8, 4) is 17.1 Å². The normalized spacial score (nSPS) is 10.8. The number of ether oxygens (including phenoxy) is 1. The summed E-state index contributed by atoms with van der Waals surface area (Å²) in [6.45, 7) is 3.57. The number of ketones is 1. The predicted octanol–water partition coefficient (Wildman–Crippen LogP) is 5.90. The molecule has 3 aromatic carbocycles. The monoisotopic (exact) mass is 479 g/mol. The van der Waals surface area contributed by atoms with E-state index in [4.69, 9.17) is 27.9 Å². The molecule has 0 fully saturated rings. The van der Waals surface area contributed by atoms with Gasteiger partial charge in [0, 0.05) is 21.2 Å². The van der Waals surface area contributed by atoms with Crippen LogP contribution < -0.4 is 0 Å². The number of rotatable bonds is 6. The Morgan fingerprint density at radius 2 is 1.67 bits per heavy atom. The molecule has 0 aliphatic rings. The summed E-state index contributed by atoms with van der Waals surface area (Å²) in [4.78, 5) is 29.4. The first kappa shape index (κ1) is 22.7. The maximum Gasteiger partial charge on any atom is 0.378 e. The fourth-order valence-corrected chi connectivity index (χ4v) is 3.48. The van der Waals surface area contributed by atoms with Gasteiger partial charge in [-0.3, -0.25) is 4.79 Å². The average molecular weight is 480 g/mol. The Balaban J connectivity index is 1.64. The zero-order chi connectivity index (χ0) is 23.5. The zero-order valence-corrected chi connectivity index (χ0v) is 19.4. The molecule has 6 nitrogen and oxygen atoms in total. The van der Waals surface area contributed by atoms with Crippen molar-refractivity contribution in [1.82, 2.24) is 14.8 Å². The van der Waals surface area contributed by atoms with Crippen molar-refractivity contribution >= 4 is 35.0 Å². The summed E-state index contributed by atoms with van der Waals surface area (Å²) in [5, 5.41) is 5.42. The lowest BCUT2D eigenvalue weighted by molar-refractivity contribution is 0.0462. The third-order valence-corrected chi connectivity index (χ3v) is 5.60. The van der Waals surface area contributed by atoms with Crippen LogP contribution in [0.1, 0.15) is 32.1 Å². The van der Waals surface area contributed by atoms with Crippen LogP contribution in [0.25, 0.3) is 17.1 Å². The Morgan fingerprint density at radius 1 is 0.909 bits per heavy atom. The van der Waals surface area contributed by atoms with Gasteiger partial charge in [-0.05, 0) is 73.5 Å². The maximum atomic E-state index is 12.7. The van der Waals surface area contributed by atoms with E-state index >= 15 is 0 Å². The fraction of sp³-hybridized carbons (Fsp3) is 0.120. The second kappa shape index (κ2) is 9.57. The molecular formula is C25H19Cl2N3O3. The molecule has 0 atom stereocenters. The van der Waals surface area contributed by atoms with Crippen LogP contribution in [0.3, 0.4) is 0 Å². The number of carbonyl (C=O) groups is 2. The first-order chi connectivity index (χ1) is 15.8. The lowest BCUT2D eigenvalue weighted by atomic mass is 10.1. The third-order valence-electron chi connectivity index (χ3n) is 5.11. The van der Waals surface area contributed by atoms with Crippen LogP contribution in [-0.4, -0.2) is 33.1 Å². The van der Waals surface area contributed by atoms with Crippen LogP contribution in [0.4, 0.5) is 0 Å². The largest absolute Gasteiger partial charge is 0.451 e. The van der Waals surface area contributed by atoms with E-state index in [9.17, 15) is 9.59 Å². The number of aryl methyl sites for hydroxylation is 2. The van der Waals surface area contributed by atoms with Crippen molar-refractivity contribution < 1.29 is 14.3 Å². The molecule has 0 bridgehead atoms. The topological polar surface area (TPSA) is 74.1 Å². The molecule has 0 amide bonds. The van der Waals surface area contributed by atoms with Gasteiger partial charge in [0.15, 0.2) is 18.2 Å². The first-order valence-corrected chi connectivity index (χ1v) is 10.8.